The number of aromatic nitrogens is 1. The van der Waals surface area contributed by atoms with Gasteiger partial charge in [-0.15, -0.1) is 0 Å². The van der Waals surface area contributed by atoms with Crippen molar-refractivity contribution in [3.8, 4) is 0 Å². The highest BCUT2D eigenvalue weighted by molar-refractivity contribution is 5.94. The summed E-state index contributed by atoms with van der Waals surface area (Å²) in [5.41, 5.74) is 1.77. The molecular formula is C24H32N4O2. The van der Waals surface area contributed by atoms with Crippen molar-refractivity contribution in [1.82, 2.24) is 15.2 Å². The molecule has 0 aliphatic carbocycles. The first-order chi connectivity index (χ1) is 14.6. The second kappa shape index (κ2) is 10.8. The zero-order valence-corrected chi connectivity index (χ0v) is 18.0. The monoisotopic (exact) mass is 408 g/mol. The van der Waals surface area contributed by atoms with Crippen LogP contribution in [-0.2, 0) is 11.2 Å². The molecule has 0 bridgehead atoms. The van der Waals surface area contributed by atoms with Gasteiger partial charge in [-0.05, 0) is 30.0 Å². The lowest BCUT2D eigenvalue weighted by atomic mass is 10.0. The molecule has 2 heterocycles. The summed E-state index contributed by atoms with van der Waals surface area (Å²) in [6, 6.07) is 13.8. The Morgan fingerprint density at radius 1 is 1.07 bits per heavy atom. The molecule has 0 radical (unpaired) electrons. The summed E-state index contributed by atoms with van der Waals surface area (Å²) in [5.74, 6) is 1.43. The molecule has 1 aromatic carbocycles. The van der Waals surface area contributed by atoms with Gasteiger partial charge in [0.2, 0.25) is 5.91 Å². The van der Waals surface area contributed by atoms with Gasteiger partial charge in [-0.1, -0.05) is 50.6 Å². The van der Waals surface area contributed by atoms with E-state index in [0.29, 0.717) is 24.4 Å². The van der Waals surface area contributed by atoms with E-state index in [-0.39, 0.29) is 11.8 Å². The fourth-order valence-corrected chi connectivity index (χ4v) is 3.53. The molecule has 6 nitrogen and oxygen atoms in total. The smallest absolute Gasteiger partial charge is 0.252 e. The van der Waals surface area contributed by atoms with E-state index in [0.717, 1.165) is 44.8 Å². The molecule has 0 saturated carbocycles. The Kier molecular flexibility index (Phi) is 7.82. The molecule has 1 unspecified atom stereocenters. The summed E-state index contributed by atoms with van der Waals surface area (Å²) < 4.78 is 0. The average Bonchev–Trinajstić information content (AvgIpc) is 2.79. The topological polar surface area (TPSA) is 65.5 Å². The molecule has 160 valence electrons. The van der Waals surface area contributed by atoms with E-state index in [4.69, 9.17) is 0 Å². The number of benzene rings is 1. The zero-order valence-electron chi connectivity index (χ0n) is 18.0. The lowest BCUT2D eigenvalue weighted by molar-refractivity contribution is -0.132. The van der Waals surface area contributed by atoms with Crippen LogP contribution in [0.3, 0.4) is 0 Å². The first-order valence-electron chi connectivity index (χ1n) is 10.9. The minimum Gasteiger partial charge on any atom is -0.353 e. The number of rotatable bonds is 8. The van der Waals surface area contributed by atoms with E-state index in [2.05, 4.69) is 41.2 Å². The Labute approximate surface area is 179 Å². The van der Waals surface area contributed by atoms with Gasteiger partial charge < -0.3 is 15.1 Å². The Morgan fingerprint density at radius 3 is 2.43 bits per heavy atom. The summed E-state index contributed by atoms with van der Waals surface area (Å²) in [6.07, 6.45) is 4.09. The summed E-state index contributed by atoms with van der Waals surface area (Å²) in [5, 5.41) is 2.95. The van der Waals surface area contributed by atoms with Crippen molar-refractivity contribution in [3.05, 3.63) is 59.8 Å². The normalized spacial score (nSPS) is 15.0. The molecule has 2 amide bonds. The molecule has 1 saturated heterocycles. The number of pyridine rings is 1. The zero-order chi connectivity index (χ0) is 21.3. The Balaban J connectivity index is 1.45. The van der Waals surface area contributed by atoms with Crippen molar-refractivity contribution in [2.24, 2.45) is 5.92 Å². The van der Waals surface area contributed by atoms with Crippen LogP contribution in [0.5, 0.6) is 0 Å². The van der Waals surface area contributed by atoms with Gasteiger partial charge >= 0.3 is 0 Å². The molecule has 1 aliphatic heterocycles. The maximum Gasteiger partial charge on any atom is 0.252 e. The van der Waals surface area contributed by atoms with Crippen LogP contribution in [0.2, 0.25) is 0 Å². The number of nitrogens with one attached hydrogen (secondary N) is 1. The van der Waals surface area contributed by atoms with Crippen molar-refractivity contribution in [2.75, 3.05) is 37.6 Å². The number of hydrogen-bond donors (Lipinski definition) is 1. The molecule has 1 fully saturated rings. The maximum atomic E-state index is 12.4. The number of carbonyl (C=O) groups is 2. The highest BCUT2D eigenvalue weighted by Gasteiger charge is 2.22. The highest BCUT2D eigenvalue weighted by atomic mass is 16.2. The van der Waals surface area contributed by atoms with Crippen LogP contribution in [0.4, 0.5) is 5.82 Å². The largest absolute Gasteiger partial charge is 0.353 e. The Bertz CT molecular complexity index is 815. The van der Waals surface area contributed by atoms with Crippen LogP contribution < -0.4 is 10.2 Å². The minimum atomic E-state index is -0.106. The van der Waals surface area contributed by atoms with E-state index < -0.39 is 0 Å². The third-order valence-corrected chi connectivity index (χ3v) is 5.73. The van der Waals surface area contributed by atoms with Gasteiger partial charge in [0.15, 0.2) is 0 Å². The molecule has 2 aromatic rings. The van der Waals surface area contributed by atoms with Crippen molar-refractivity contribution < 1.29 is 9.59 Å². The van der Waals surface area contributed by atoms with Crippen LogP contribution in [0.1, 0.15) is 42.6 Å². The van der Waals surface area contributed by atoms with Gasteiger partial charge in [0.05, 0.1) is 5.56 Å². The van der Waals surface area contributed by atoms with E-state index in [1.807, 2.05) is 35.2 Å². The minimum absolute atomic E-state index is 0.106. The third kappa shape index (κ3) is 6.05. The van der Waals surface area contributed by atoms with Gasteiger partial charge in [0, 0.05) is 45.3 Å². The number of nitrogens with zero attached hydrogens (tertiary/aromatic N) is 3. The van der Waals surface area contributed by atoms with Crippen LogP contribution in [0, 0.1) is 5.92 Å². The van der Waals surface area contributed by atoms with Crippen LogP contribution in [0.25, 0.3) is 0 Å². The molecule has 6 heteroatoms. The standard InChI is InChI=1S/C24H32N4O2/c1-3-19(2)17-23(29)28-15-13-27(14-16-28)22-10-9-21(18-26-22)24(30)25-12-11-20-7-5-4-6-8-20/h4-10,18-19H,3,11-17H2,1-2H3,(H,25,30). The number of anilines is 1. The van der Waals surface area contributed by atoms with Crippen LogP contribution in [0.15, 0.2) is 48.7 Å². The van der Waals surface area contributed by atoms with E-state index in [1.54, 1.807) is 6.20 Å². The fourth-order valence-electron chi connectivity index (χ4n) is 3.53. The van der Waals surface area contributed by atoms with Crippen LogP contribution in [-0.4, -0.2) is 54.4 Å². The Morgan fingerprint density at radius 2 is 1.80 bits per heavy atom. The second-order valence-corrected chi connectivity index (χ2v) is 7.98. The SMILES string of the molecule is CCC(C)CC(=O)N1CCN(c2ccc(C(=O)NCCc3ccccc3)cn2)CC1. The first kappa shape index (κ1) is 21.8. The quantitative estimate of drug-likeness (QED) is 0.729. The summed E-state index contributed by atoms with van der Waals surface area (Å²) in [7, 11) is 0. The number of carbonyl (C=O) groups excluding carboxylic acids is 2. The molecule has 1 atom stereocenters. The van der Waals surface area contributed by atoms with E-state index >= 15 is 0 Å². The predicted octanol–water partition coefficient (Wildman–Crippen LogP) is 3.14. The van der Waals surface area contributed by atoms with Gasteiger partial charge in [0.1, 0.15) is 5.82 Å². The van der Waals surface area contributed by atoms with E-state index in [9.17, 15) is 9.59 Å². The average molecular weight is 409 g/mol. The Hall–Kier alpha value is -2.89. The molecule has 3 rings (SSSR count). The summed E-state index contributed by atoms with van der Waals surface area (Å²) in [4.78, 5) is 33.3. The number of piperazine rings is 1. The van der Waals surface area contributed by atoms with Gasteiger partial charge in [0.25, 0.3) is 5.91 Å². The van der Waals surface area contributed by atoms with Gasteiger partial charge in [-0.25, -0.2) is 4.98 Å². The molecular weight excluding hydrogens is 376 g/mol. The highest BCUT2D eigenvalue weighted by Crippen LogP contribution is 2.16. The summed E-state index contributed by atoms with van der Waals surface area (Å²) >= 11 is 0. The lowest BCUT2D eigenvalue weighted by Gasteiger charge is -2.35. The van der Waals surface area contributed by atoms with Gasteiger partial charge in [-0.2, -0.15) is 0 Å². The fraction of sp³-hybridized carbons (Fsp3) is 0.458. The lowest BCUT2D eigenvalue weighted by Crippen LogP contribution is -2.49. The van der Waals surface area contributed by atoms with Crippen molar-refractivity contribution in [3.63, 3.8) is 0 Å². The van der Waals surface area contributed by atoms with Crippen molar-refractivity contribution >= 4 is 17.6 Å². The number of amides is 2. The molecule has 1 N–H and O–H groups in total. The van der Waals surface area contributed by atoms with Crippen LogP contribution >= 0.6 is 0 Å². The second-order valence-electron chi connectivity index (χ2n) is 7.98. The predicted molar refractivity (Wildman–Crippen MR) is 120 cm³/mol. The molecule has 1 aromatic heterocycles. The number of hydrogen-bond acceptors (Lipinski definition) is 4. The molecule has 1 aliphatic rings. The maximum absolute atomic E-state index is 12.4. The first-order valence-corrected chi connectivity index (χ1v) is 10.9. The van der Waals surface area contributed by atoms with Crippen molar-refractivity contribution in [1.29, 1.82) is 0 Å². The van der Waals surface area contributed by atoms with Gasteiger partial charge in [-0.3, -0.25) is 9.59 Å². The van der Waals surface area contributed by atoms with E-state index in [1.165, 1.54) is 5.56 Å². The summed E-state index contributed by atoms with van der Waals surface area (Å²) in [6.45, 7) is 7.81. The van der Waals surface area contributed by atoms with Crippen molar-refractivity contribution in [2.45, 2.75) is 33.1 Å². The molecule has 0 spiro atoms. The molecule has 30 heavy (non-hydrogen) atoms. The third-order valence-electron chi connectivity index (χ3n) is 5.73.